The summed E-state index contributed by atoms with van der Waals surface area (Å²) in [5, 5.41) is 23.5. The lowest BCUT2D eigenvalue weighted by Gasteiger charge is -2.35. The fourth-order valence-corrected chi connectivity index (χ4v) is 8.99. The van der Waals surface area contributed by atoms with Gasteiger partial charge in [-0.2, -0.15) is 13.2 Å². The lowest BCUT2D eigenvalue weighted by molar-refractivity contribution is -0.144. The van der Waals surface area contributed by atoms with Crippen molar-refractivity contribution in [2.45, 2.75) is 77.9 Å². The first-order chi connectivity index (χ1) is 37.2. The van der Waals surface area contributed by atoms with Gasteiger partial charge in [0.2, 0.25) is 17.7 Å². The summed E-state index contributed by atoms with van der Waals surface area (Å²) < 4.78 is 67.6. The van der Waals surface area contributed by atoms with Gasteiger partial charge in [0.1, 0.15) is 29.3 Å². The molecule has 78 heavy (non-hydrogen) atoms. The number of pyridine rings is 1. The predicted octanol–water partition coefficient (Wildman–Crippen LogP) is 8.18. The van der Waals surface area contributed by atoms with Gasteiger partial charge in [0, 0.05) is 49.6 Å². The lowest BCUT2D eigenvalue weighted by atomic mass is 9.85. The molecule has 6 rings (SSSR count). The third kappa shape index (κ3) is 18.5. The smallest absolute Gasteiger partial charge is 0.417 e. The zero-order valence-corrected chi connectivity index (χ0v) is 45.3. The maximum atomic E-state index is 14.0. The molecule has 1 fully saturated rings. The van der Waals surface area contributed by atoms with Gasteiger partial charge in [-0.15, -0.1) is 11.3 Å². The Labute approximate surface area is 458 Å². The normalized spacial score (nSPS) is 15.3. The van der Waals surface area contributed by atoms with Gasteiger partial charge in [-0.1, -0.05) is 56.6 Å². The van der Waals surface area contributed by atoms with E-state index in [-0.39, 0.29) is 88.9 Å². The quantitative estimate of drug-likeness (QED) is 0.0287. The summed E-state index contributed by atoms with van der Waals surface area (Å²) in [5.74, 6) is -1.01. The van der Waals surface area contributed by atoms with Gasteiger partial charge < -0.3 is 60.3 Å². The molecule has 4 atom stereocenters. The van der Waals surface area contributed by atoms with Crippen LogP contribution in [0.2, 0.25) is 5.02 Å². The van der Waals surface area contributed by atoms with Crippen molar-refractivity contribution in [3.8, 4) is 21.9 Å². The maximum absolute atomic E-state index is 14.0. The number of benzene rings is 3. The summed E-state index contributed by atoms with van der Waals surface area (Å²) in [6, 6.07) is 17.0. The standard InChI is InChI=1S/C54H64ClF3N8O11S/c1-33(35-6-8-36(9-7-35)47-34(2)61-32-78-47)62-50(70)45-29-39(67)31-66(45)51(71)48(53(3,4)5)65-46(68)17-20-73-22-24-75-26-27-76-25-23-74-21-19-60-49(69)44-30-41(16-18-59-44)77-40-13-10-37(11-14-40)63-52(72)64-38-12-15-43(55)42(28-38)54(56,57)58/h6-16,18,28,30,32-33,39,45,48,67H,17,19-27,29,31H2,1-5H3,(H,60,69)(H,62,70)(H,65,68)(H2,63,64,72)/t33-,39+,45-,48-/m0/s1. The minimum Gasteiger partial charge on any atom is -0.457 e. The van der Waals surface area contributed by atoms with Crippen LogP contribution in [0.3, 0.4) is 0 Å². The Morgan fingerprint density at radius 3 is 2.05 bits per heavy atom. The number of anilines is 2. The molecule has 1 aliphatic heterocycles. The number of urea groups is 1. The second-order valence-corrected chi connectivity index (χ2v) is 20.4. The molecule has 3 aromatic carbocycles. The van der Waals surface area contributed by atoms with E-state index in [1.165, 1.54) is 35.4 Å². The zero-order valence-electron chi connectivity index (χ0n) is 43.7. The molecule has 0 saturated carbocycles. The van der Waals surface area contributed by atoms with Crippen molar-refractivity contribution < 1.29 is 65.9 Å². The molecule has 5 aromatic rings. The largest absolute Gasteiger partial charge is 0.457 e. The average molecular weight is 1130 g/mol. The third-order valence-corrected chi connectivity index (χ3v) is 13.3. The molecule has 3 heterocycles. The van der Waals surface area contributed by atoms with E-state index in [0.717, 1.165) is 33.8 Å². The monoisotopic (exact) mass is 1120 g/mol. The molecule has 0 unspecified atom stereocenters. The molecule has 6 amide bonds. The van der Waals surface area contributed by atoms with Gasteiger partial charge in [0.05, 0.1) is 91.7 Å². The molecular weight excluding hydrogens is 1060 g/mol. The first-order valence-corrected chi connectivity index (χ1v) is 26.3. The number of carbonyl (C=O) groups is 5. The van der Waals surface area contributed by atoms with Gasteiger partial charge in [0.15, 0.2) is 0 Å². The SMILES string of the molecule is Cc1ncsc1-c1ccc([C@H](C)NC(=O)[C@@H]2C[C@@H](O)CN2C(=O)[C@H](NC(=O)CCOCCOCCOCCOCCNC(=O)c2cc(Oc3ccc(NC(=O)Nc4ccc(Cl)c(C(F)(F)F)c4)cc3)ccn2)C(C)(C)C)cc1. The Morgan fingerprint density at radius 1 is 0.795 bits per heavy atom. The molecule has 0 radical (unpaired) electrons. The van der Waals surface area contributed by atoms with Crippen molar-refractivity contribution >= 4 is 64.0 Å². The number of amides is 6. The van der Waals surface area contributed by atoms with Crippen LogP contribution in [0.25, 0.3) is 10.4 Å². The van der Waals surface area contributed by atoms with Crippen LogP contribution in [0, 0.1) is 12.3 Å². The Bertz CT molecular complexity index is 2800. The highest BCUT2D eigenvalue weighted by Gasteiger charge is 2.45. The Hall–Kier alpha value is -6.73. The van der Waals surface area contributed by atoms with Gasteiger partial charge in [-0.25, -0.2) is 9.78 Å². The van der Waals surface area contributed by atoms with E-state index >= 15 is 0 Å². The van der Waals surface area contributed by atoms with Crippen LogP contribution in [0.4, 0.5) is 29.3 Å². The molecule has 19 nitrogen and oxygen atoms in total. The summed E-state index contributed by atoms with van der Waals surface area (Å²) in [6.07, 6.45) is -4.12. The fraction of sp³-hybridized carbons (Fsp3) is 0.426. The highest BCUT2D eigenvalue weighted by Crippen LogP contribution is 2.36. The number of hydrogen-bond acceptors (Lipinski definition) is 14. The number of β-amino-alcohol motifs (C(OH)–C–C–N with tert-alkyl or cyclic N) is 1. The Morgan fingerprint density at radius 2 is 1.42 bits per heavy atom. The number of carbonyl (C=O) groups excluding carboxylic acids is 5. The Kier molecular flexibility index (Phi) is 22.3. The van der Waals surface area contributed by atoms with E-state index in [1.807, 2.05) is 58.9 Å². The minimum atomic E-state index is -4.69. The molecule has 24 heteroatoms. The van der Waals surface area contributed by atoms with Crippen LogP contribution in [-0.4, -0.2) is 134 Å². The zero-order chi connectivity index (χ0) is 56.4. The average Bonchev–Trinajstić information content (AvgIpc) is 4.02. The molecule has 1 saturated heterocycles. The van der Waals surface area contributed by atoms with Crippen LogP contribution in [0.15, 0.2) is 90.6 Å². The molecular formula is C54H64ClF3N8O11S. The number of likely N-dealkylation sites (tertiary alicyclic amines) is 1. The summed E-state index contributed by atoms with van der Waals surface area (Å²) >= 11 is 7.20. The highest BCUT2D eigenvalue weighted by atomic mass is 35.5. The fourth-order valence-electron chi connectivity index (χ4n) is 7.96. The third-order valence-electron chi connectivity index (χ3n) is 12.0. The number of alkyl halides is 3. The predicted molar refractivity (Wildman–Crippen MR) is 286 cm³/mol. The number of ether oxygens (including phenoxy) is 5. The van der Waals surface area contributed by atoms with Gasteiger partial charge in [0.25, 0.3) is 5.91 Å². The molecule has 420 valence electrons. The number of aryl methyl sites for hydroxylation is 1. The number of hydrogen-bond donors (Lipinski definition) is 6. The van der Waals surface area contributed by atoms with E-state index in [4.69, 9.17) is 35.3 Å². The molecule has 1 aliphatic rings. The summed E-state index contributed by atoms with van der Waals surface area (Å²) in [6.45, 7) is 11.4. The van der Waals surface area contributed by atoms with Gasteiger partial charge in [-0.05, 0) is 78.9 Å². The van der Waals surface area contributed by atoms with Crippen LogP contribution < -0.4 is 31.3 Å². The van der Waals surface area contributed by atoms with Gasteiger partial charge >= 0.3 is 12.2 Å². The first-order valence-electron chi connectivity index (χ1n) is 25.0. The van der Waals surface area contributed by atoms with E-state index in [2.05, 4.69) is 36.6 Å². The van der Waals surface area contributed by atoms with E-state index in [1.54, 1.807) is 35.0 Å². The van der Waals surface area contributed by atoms with E-state index < -0.39 is 64.1 Å². The van der Waals surface area contributed by atoms with Crippen LogP contribution in [0.5, 0.6) is 11.5 Å². The van der Waals surface area contributed by atoms with E-state index in [9.17, 15) is 42.3 Å². The minimum absolute atomic E-state index is 0.0141. The number of thiazole rings is 1. The van der Waals surface area contributed by atoms with Gasteiger partial charge in [-0.3, -0.25) is 24.2 Å². The van der Waals surface area contributed by atoms with Crippen LogP contribution in [0.1, 0.15) is 73.9 Å². The summed E-state index contributed by atoms with van der Waals surface area (Å²) in [7, 11) is 0. The molecule has 0 bridgehead atoms. The summed E-state index contributed by atoms with van der Waals surface area (Å²) in [4.78, 5) is 76.7. The molecule has 6 N–H and O–H groups in total. The number of aliphatic hydroxyl groups excluding tert-OH is 1. The summed E-state index contributed by atoms with van der Waals surface area (Å²) in [5.41, 5.74) is 3.21. The number of aromatic nitrogens is 2. The van der Waals surface area contributed by atoms with E-state index in [0.29, 0.717) is 30.4 Å². The first kappa shape index (κ1) is 60.5. The number of halogens is 4. The second-order valence-electron chi connectivity index (χ2n) is 19.1. The highest BCUT2D eigenvalue weighted by molar-refractivity contribution is 7.13. The number of nitrogens with zero attached hydrogens (tertiary/aromatic N) is 3. The van der Waals surface area contributed by atoms with Crippen LogP contribution in [-0.2, 0) is 39.5 Å². The van der Waals surface area contributed by atoms with Crippen molar-refractivity contribution in [1.82, 2.24) is 30.8 Å². The van der Waals surface area contributed by atoms with Crippen molar-refractivity contribution in [2.75, 3.05) is 76.6 Å². The lowest BCUT2D eigenvalue weighted by Crippen LogP contribution is -2.58. The van der Waals surface area contributed by atoms with Crippen molar-refractivity contribution in [2.24, 2.45) is 5.41 Å². The number of nitrogens with one attached hydrogen (secondary N) is 5. The van der Waals surface area contributed by atoms with Crippen molar-refractivity contribution in [3.63, 3.8) is 0 Å². The second kappa shape index (κ2) is 28.8. The molecule has 2 aromatic heterocycles. The maximum Gasteiger partial charge on any atom is 0.417 e. The Balaban J connectivity index is 0.785. The topological polar surface area (TPSA) is 241 Å². The van der Waals surface area contributed by atoms with Crippen molar-refractivity contribution in [1.29, 1.82) is 0 Å². The molecule has 0 aliphatic carbocycles. The number of rotatable bonds is 26. The number of aliphatic hydroxyl groups is 1. The van der Waals surface area contributed by atoms with Crippen molar-refractivity contribution in [3.05, 3.63) is 118 Å². The van der Waals surface area contributed by atoms with Crippen LogP contribution >= 0.6 is 22.9 Å². The molecule has 0 spiro atoms.